The van der Waals surface area contributed by atoms with E-state index < -0.39 is 0 Å². The number of nitrogens with one attached hydrogen (secondary N) is 1. The van der Waals surface area contributed by atoms with E-state index in [1.165, 1.54) is 0 Å². The third-order valence-corrected chi connectivity index (χ3v) is 4.16. The van der Waals surface area contributed by atoms with Crippen molar-refractivity contribution in [2.24, 2.45) is 11.7 Å². The molecule has 1 aliphatic carbocycles. The largest absolute Gasteiger partial charge is 0.493 e. The molecule has 0 aromatic heterocycles. The minimum Gasteiger partial charge on any atom is -0.493 e. The quantitative estimate of drug-likeness (QED) is 0.704. The number of carbonyl (C=O) groups excluding carboxylic acids is 1. The average molecular weight is 359 g/mol. The van der Waals surface area contributed by atoms with Crippen LogP contribution in [-0.2, 0) is 11.2 Å². The lowest BCUT2D eigenvalue weighted by atomic mass is 10.1. The summed E-state index contributed by atoms with van der Waals surface area (Å²) >= 11 is 0. The Balaban J connectivity index is 0.00000288. The number of ether oxygens (including phenoxy) is 3. The van der Waals surface area contributed by atoms with Gasteiger partial charge in [0.05, 0.1) is 21.3 Å². The number of nitrogens with two attached hydrogens (primary N) is 1. The summed E-state index contributed by atoms with van der Waals surface area (Å²) in [4.78, 5) is 12.1. The summed E-state index contributed by atoms with van der Waals surface area (Å²) in [6.07, 6.45) is 3.33. The second-order valence-corrected chi connectivity index (χ2v) is 5.78. The van der Waals surface area contributed by atoms with Gasteiger partial charge in [0.1, 0.15) is 0 Å². The average Bonchev–Trinajstić information content (AvgIpc) is 3.41. The molecular formula is C17H27ClN2O4. The Kier molecular flexibility index (Phi) is 8.15. The minimum absolute atomic E-state index is 0. The third kappa shape index (κ3) is 5.18. The number of aryl methyl sites for hydroxylation is 1. The van der Waals surface area contributed by atoms with Crippen LogP contribution < -0.4 is 25.3 Å². The smallest absolute Gasteiger partial charge is 0.220 e. The summed E-state index contributed by atoms with van der Waals surface area (Å²) in [6.45, 7) is 0.501. The van der Waals surface area contributed by atoms with Crippen LogP contribution in [0.15, 0.2) is 12.1 Å². The molecule has 0 heterocycles. The number of benzene rings is 1. The van der Waals surface area contributed by atoms with Crippen LogP contribution in [0.5, 0.6) is 17.2 Å². The van der Waals surface area contributed by atoms with E-state index in [-0.39, 0.29) is 24.4 Å². The maximum absolute atomic E-state index is 12.1. The number of methoxy groups -OCH3 is 3. The van der Waals surface area contributed by atoms with Crippen molar-refractivity contribution in [2.75, 3.05) is 27.9 Å². The Bertz CT molecular complexity index is 524. The molecule has 1 aliphatic rings. The maximum Gasteiger partial charge on any atom is 0.220 e. The molecule has 7 heteroatoms. The fourth-order valence-corrected chi connectivity index (χ4v) is 2.68. The van der Waals surface area contributed by atoms with Gasteiger partial charge in [0.2, 0.25) is 11.7 Å². The van der Waals surface area contributed by atoms with E-state index in [2.05, 4.69) is 5.32 Å². The molecule has 1 aromatic carbocycles. The van der Waals surface area contributed by atoms with Crippen LogP contribution in [0, 0.1) is 5.92 Å². The van der Waals surface area contributed by atoms with E-state index >= 15 is 0 Å². The van der Waals surface area contributed by atoms with Crippen LogP contribution in [0.3, 0.4) is 0 Å². The molecular weight excluding hydrogens is 332 g/mol. The van der Waals surface area contributed by atoms with E-state index in [4.69, 9.17) is 19.9 Å². The highest BCUT2D eigenvalue weighted by Crippen LogP contribution is 2.38. The van der Waals surface area contributed by atoms with Crippen LogP contribution >= 0.6 is 12.4 Å². The summed E-state index contributed by atoms with van der Waals surface area (Å²) in [5.41, 5.74) is 6.68. The summed E-state index contributed by atoms with van der Waals surface area (Å²) in [5.74, 6) is 2.34. The topological polar surface area (TPSA) is 82.8 Å². The predicted molar refractivity (Wildman–Crippen MR) is 95.4 cm³/mol. The van der Waals surface area contributed by atoms with Crippen LogP contribution in [0.2, 0.25) is 0 Å². The highest BCUT2D eigenvalue weighted by molar-refractivity contribution is 5.85. The molecule has 1 saturated carbocycles. The lowest BCUT2D eigenvalue weighted by molar-refractivity contribution is -0.121. The Labute approximate surface area is 149 Å². The molecule has 0 aliphatic heterocycles. The highest BCUT2D eigenvalue weighted by atomic mass is 35.5. The first-order valence-electron chi connectivity index (χ1n) is 7.91. The fraction of sp³-hybridized carbons (Fsp3) is 0.588. The lowest BCUT2D eigenvalue weighted by Gasteiger charge is -2.16. The fourth-order valence-electron chi connectivity index (χ4n) is 2.68. The Morgan fingerprint density at radius 1 is 1.21 bits per heavy atom. The van der Waals surface area contributed by atoms with Gasteiger partial charge in [-0.15, -0.1) is 12.4 Å². The van der Waals surface area contributed by atoms with Crippen molar-refractivity contribution in [3.8, 4) is 17.2 Å². The van der Waals surface area contributed by atoms with Gasteiger partial charge in [-0.2, -0.15) is 0 Å². The Morgan fingerprint density at radius 2 is 1.79 bits per heavy atom. The SMILES string of the molecule is COc1cc(CCC(=O)NC(CN)C2CC2)cc(OC)c1OC.Cl. The van der Waals surface area contributed by atoms with E-state index in [1.807, 2.05) is 12.1 Å². The predicted octanol–water partition coefficient (Wildman–Crippen LogP) is 1.92. The first-order chi connectivity index (χ1) is 11.1. The summed E-state index contributed by atoms with van der Waals surface area (Å²) < 4.78 is 15.9. The molecule has 0 bridgehead atoms. The molecule has 1 aromatic rings. The van der Waals surface area contributed by atoms with Crippen LogP contribution in [0.1, 0.15) is 24.8 Å². The summed E-state index contributed by atoms with van der Waals surface area (Å²) in [7, 11) is 4.73. The van der Waals surface area contributed by atoms with E-state index in [9.17, 15) is 4.79 Å². The number of amides is 1. The first kappa shape index (κ1) is 20.4. The van der Waals surface area contributed by atoms with E-state index in [0.717, 1.165) is 18.4 Å². The molecule has 6 nitrogen and oxygen atoms in total. The Morgan fingerprint density at radius 3 is 2.21 bits per heavy atom. The lowest BCUT2D eigenvalue weighted by Crippen LogP contribution is -2.41. The van der Waals surface area contributed by atoms with Crippen LogP contribution in [0.25, 0.3) is 0 Å². The van der Waals surface area contributed by atoms with Crippen molar-refractivity contribution in [1.29, 1.82) is 0 Å². The second kappa shape index (κ2) is 9.59. The van der Waals surface area contributed by atoms with Crippen molar-refractivity contribution >= 4 is 18.3 Å². The molecule has 136 valence electrons. The normalized spacial score (nSPS) is 14.3. The molecule has 2 rings (SSSR count). The van der Waals surface area contributed by atoms with Gasteiger partial charge in [0, 0.05) is 19.0 Å². The molecule has 1 unspecified atom stereocenters. The van der Waals surface area contributed by atoms with Gasteiger partial charge in [0.25, 0.3) is 0 Å². The summed E-state index contributed by atoms with van der Waals surface area (Å²) in [6, 6.07) is 3.86. The van der Waals surface area contributed by atoms with E-state index in [0.29, 0.717) is 42.6 Å². The van der Waals surface area contributed by atoms with Crippen molar-refractivity contribution in [2.45, 2.75) is 31.7 Å². The zero-order chi connectivity index (χ0) is 16.8. The Hall–Kier alpha value is -1.66. The molecule has 1 atom stereocenters. The molecule has 24 heavy (non-hydrogen) atoms. The van der Waals surface area contributed by atoms with Gasteiger partial charge in [-0.3, -0.25) is 4.79 Å². The highest BCUT2D eigenvalue weighted by Gasteiger charge is 2.31. The number of rotatable bonds is 9. The molecule has 0 spiro atoms. The zero-order valence-corrected chi connectivity index (χ0v) is 15.3. The monoisotopic (exact) mass is 358 g/mol. The van der Waals surface area contributed by atoms with Gasteiger partial charge in [-0.1, -0.05) is 0 Å². The summed E-state index contributed by atoms with van der Waals surface area (Å²) in [5, 5.41) is 3.03. The number of carbonyl (C=O) groups is 1. The van der Waals surface area contributed by atoms with Gasteiger partial charge in [-0.05, 0) is 42.9 Å². The van der Waals surface area contributed by atoms with Gasteiger partial charge < -0.3 is 25.3 Å². The van der Waals surface area contributed by atoms with Crippen LogP contribution in [-0.4, -0.2) is 39.8 Å². The molecule has 1 amide bonds. The third-order valence-electron chi connectivity index (χ3n) is 4.16. The van der Waals surface area contributed by atoms with Crippen molar-refractivity contribution in [1.82, 2.24) is 5.32 Å². The molecule has 0 saturated heterocycles. The molecule has 3 N–H and O–H groups in total. The van der Waals surface area contributed by atoms with E-state index in [1.54, 1.807) is 21.3 Å². The van der Waals surface area contributed by atoms with Crippen LogP contribution in [0.4, 0.5) is 0 Å². The standard InChI is InChI=1S/C17H26N2O4.ClH/c1-21-14-8-11(9-15(22-2)17(14)23-3)4-7-16(20)19-13(10-18)12-5-6-12;/h8-9,12-13H,4-7,10,18H2,1-3H3,(H,19,20);1H. The maximum atomic E-state index is 12.1. The van der Waals surface area contributed by atoms with Crippen molar-refractivity contribution < 1.29 is 19.0 Å². The molecule has 0 radical (unpaired) electrons. The van der Waals surface area contributed by atoms with Gasteiger partial charge in [-0.25, -0.2) is 0 Å². The van der Waals surface area contributed by atoms with Crippen molar-refractivity contribution in [3.05, 3.63) is 17.7 Å². The van der Waals surface area contributed by atoms with Gasteiger partial charge in [0.15, 0.2) is 11.5 Å². The molecule has 1 fully saturated rings. The number of hydrogen-bond acceptors (Lipinski definition) is 5. The first-order valence-corrected chi connectivity index (χ1v) is 7.91. The zero-order valence-electron chi connectivity index (χ0n) is 14.5. The van der Waals surface area contributed by atoms with Crippen molar-refractivity contribution in [3.63, 3.8) is 0 Å². The van der Waals surface area contributed by atoms with Gasteiger partial charge >= 0.3 is 0 Å². The second-order valence-electron chi connectivity index (χ2n) is 5.78. The number of hydrogen-bond donors (Lipinski definition) is 2. The minimum atomic E-state index is 0. The number of halogens is 1.